The van der Waals surface area contributed by atoms with Gasteiger partial charge in [-0.2, -0.15) is 0 Å². The van der Waals surface area contributed by atoms with E-state index < -0.39 is 12.0 Å². The molecule has 2 fully saturated rings. The summed E-state index contributed by atoms with van der Waals surface area (Å²) in [5.74, 6) is -0.685. The fraction of sp³-hybridized carbons (Fsp3) is 0.556. The molecular weight excluding hydrogens is 580 g/mol. The number of carboxylic acids is 1. The topological polar surface area (TPSA) is 143 Å². The summed E-state index contributed by atoms with van der Waals surface area (Å²) in [6.45, 7) is 10.4. The summed E-state index contributed by atoms with van der Waals surface area (Å²) >= 11 is 0. The van der Waals surface area contributed by atoms with E-state index in [4.69, 9.17) is 11.1 Å². The Kier molecular flexibility index (Phi) is 10.2. The van der Waals surface area contributed by atoms with E-state index in [2.05, 4.69) is 37.1 Å². The van der Waals surface area contributed by atoms with Gasteiger partial charge in [0.25, 0.3) is 5.91 Å². The molecule has 5 N–H and O–H groups in total. The van der Waals surface area contributed by atoms with Gasteiger partial charge in [0, 0.05) is 50.0 Å². The minimum atomic E-state index is -1.03. The van der Waals surface area contributed by atoms with E-state index in [9.17, 15) is 19.5 Å². The van der Waals surface area contributed by atoms with Gasteiger partial charge < -0.3 is 30.9 Å². The first-order chi connectivity index (χ1) is 22.1. The van der Waals surface area contributed by atoms with Crippen molar-refractivity contribution < 1.29 is 19.5 Å². The third-order valence-electron chi connectivity index (χ3n) is 10.6. The number of carboxylic acid groups (broad SMARTS) is 1. The highest BCUT2D eigenvalue weighted by Crippen LogP contribution is 2.54. The smallest absolute Gasteiger partial charge is 0.335 e. The van der Waals surface area contributed by atoms with Crippen LogP contribution in [0.5, 0.6) is 0 Å². The van der Waals surface area contributed by atoms with E-state index in [0.717, 1.165) is 75.1 Å². The second-order valence-electron chi connectivity index (χ2n) is 13.6. The van der Waals surface area contributed by atoms with Crippen LogP contribution in [0.1, 0.15) is 93.2 Å². The number of carbonyl (C=O) groups excluding carboxylic acids is 2. The van der Waals surface area contributed by atoms with Crippen LogP contribution in [-0.4, -0.2) is 71.4 Å². The van der Waals surface area contributed by atoms with Gasteiger partial charge in [-0.25, -0.2) is 4.79 Å². The summed E-state index contributed by atoms with van der Waals surface area (Å²) in [7, 11) is 0. The molecule has 0 bridgehead atoms. The number of piperidine rings is 1. The standard InChI is InChI=1S/C36H50N6O4/c1-4-7-24(3)14-18-40(5-2)30-9-6-8-29-28(30)15-19-42(31(29)32(43)39-27-12-10-25(11-13-27)34(45)46)33(44)26-22-36(23-26)16-20-41(21-17-36)35(37)38/h6,8-13,24,26,31H,4-5,7,14-23H2,1-3H3,(H3,37,38)(H,39,43)(H,45,46). The predicted octanol–water partition coefficient (Wildman–Crippen LogP) is 5.49. The van der Waals surface area contributed by atoms with Gasteiger partial charge in [-0.3, -0.25) is 15.0 Å². The number of anilines is 2. The fourth-order valence-corrected chi connectivity index (χ4v) is 7.86. The lowest BCUT2D eigenvalue weighted by Crippen LogP contribution is -2.55. The predicted molar refractivity (Wildman–Crippen MR) is 181 cm³/mol. The van der Waals surface area contributed by atoms with Crippen LogP contribution in [0.4, 0.5) is 11.4 Å². The monoisotopic (exact) mass is 630 g/mol. The number of benzene rings is 2. The molecule has 10 heteroatoms. The van der Waals surface area contributed by atoms with E-state index in [1.807, 2.05) is 17.0 Å². The minimum absolute atomic E-state index is 0.0257. The van der Waals surface area contributed by atoms with Crippen molar-refractivity contribution in [2.24, 2.45) is 23.0 Å². The molecule has 1 saturated carbocycles. The number of hydrogen-bond acceptors (Lipinski definition) is 5. The van der Waals surface area contributed by atoms with Crippen LogP contribution in [0, 0.1) is 22.7 Å². The molecule has 2 unspecified atom stereocenters. The molecule has 2 amide bonds. The summed E-state index contributed by atoms with van der Waals surface area (Å²) in [5, 5.41) is 20.1. The number of likely N-dealkylation sites (tertiary alicyclic amines) is 1. The maximum absolute atomic E-state index is 14.2. The third-order valence-corrected chi connectivity index (χ3v) is 10.6. The molecule has 1 saturated heterocycles. The Morgan fingerprint density at radius 1 is 1.07 bits per heavy atom. The third kappa shape index (κ3) is 7.00. The van der Waals surface area contributed by atoms with Crippen molar-refractivity contribution in [3.8, 4) is 0 Å². The first-order valence-corrected chi connectivity index (χ1v) is 17.0. The lowest BCUT2D eigenvalue weighted by atomic mass is 9.57. The molecule has 2 aromatic rings. The molecule has 10 nitrogen and oxygen atoms in total. The van der Waals surface area contributed by atoms with Crippen molar-refractivity contribution in [3.05, 3.63) is 59.2 Å². The summed E-state index contributed by atoms with van der Waals surface area (Å²) in [5.41, 5.74) is 9.57. The zero-order valence-electron chi connectivity index (χ0n) is 27.6. The van der Waals surface area contributed by atoms with Crippen molar-refractivity contribution in [2.75, 3.05) is 42.9 Å². The number of aromatic carboxylic acids is 1. The second-order valence-corrected chi connectivity index (χ2v) is 13.6. The Morgan fingerprint density at radius 3 is 2.37 bits per heavy atom. The highest BCUT2D eigenvalue weighted by Gasteiger charge is 2.51. The molecule has 2 aromatic carbocycles. The largest absolute Gasteiger partial charge is 0.478 e. The summed E-state index contributed by atoms with van der Waals surface area (Å²) in [4.78, 5) is 45.8. The SMILES string of the molecule is CCCC(C)CCN(CC)c1cccc2c1CCN(C(=O)C1CC3(CCN(C(=N)N)CC3)C1)C2C(=O)Nc1ccc(C(=O)O)cc1. The first-order valence-electron chi connectivity index (χ1n) is 17.0. The highest BCUT2D eigenvalue weighted by atomic mass is 16.4. The molecule has 248 valence electrons. The Labute approximate surface area is 272 Å². The van der Waals surface area contributed by atoms with Crippen LogP contribution in [0.2, 0.25) is 0 Å². The molecule has 0 radical (unpaired) electrons. The van der Waals surface area contributed by atoms with Crippen LogP contribution >= 0.6 is 0 Å². The Morgan fingerprint density at radius 2 is 1.76 bits per heavy atom. The zero-order valence-corrected chi connectivity index (χ0v) is 27.6. The number of fused-ring (bicyclic) bond motifs is 1. The fourth-order valence-electron chi connectivity index (χ4n) is 7.86. The average molecular weight is 631 g/mol. The molecule has 2 aliphatic heterocycles. The van der Waals surface area contributed by atoms with Crippen molar-refractivity contribution in [1.82, 2.24) is 9.80 Å². The number of hydrogen-bond donors (Lipinski definition) is 4. The van der Waals surface area contributed by atoms with Crippen LogP contribution in [-0.2, 0) is 16.0 Å². The number of rotatable bonds is 11. The maximum atomic E-state index is 14.2. The Bertz CT molecular complexity index is 1430. The number of nitrogens with one attached hydrogen (secondary N) is 2. The summed E-state index contributed by atoms with van der Waals surface area (Å²) in [6, 6.07) is 11.5. The lowest BCUT2D eigenvalue weighted by Gasteiger charge is -2.53. The normalized spacial score (nSPS) is 19.6. The molecule has 1 spiro atoms. The lowest BCUT2D eigenvalue weighted by molar-refractivity contribution is -0.151. The van der Waals surface area contributed by atoms with Gasteiger partial charge in [0.2, 0.25) is 5.91 Å². The van der Waals surface area contributed by atoms with Crippen molar-refractivity contribution in [2.45, 2.75) is 78.2 Å². The molecule has 2 heterocycles. The maximum Gasteiger partial charge on any atom is 0.335 e. The molecule has 3 aliphatic rings. The number of amides is 2. The highest BCUT2D eigenvalue weighted by molar-refractivity contribution is 5.99. The molecule has 0 aromatic heterocycles. The molecular formula is C36H50N6O4. The van der Waals surface area contributed by atoms with Gasteiger partial charge in [0.15, 0.2) is 5.96 Å². The van der Waals surface area contributed by atoms with Crippen molar-refractivity contribution in [3.63, 3.8) is 0 Å². The molecule has 46 heavy (non-hydrogen) atoms. The molecule has 1 aliphatic carbocycles. The Balaban J connectivity index is 1.40. The van der Waals surface area contributed by atoms with E-state index in [-0.39, 0.29) is 34.7 Å². The Hall–Kier alpha value is -4.08. The van der Waals surface area contributed by atoms with E-state index in [1.54, 1.807) is 17.0 Å². The molecule has 5 rings (SSSR count). The van der Waals surface area contributed by atoms with Gasteiger partial charge >= 0.3 is 5.97 Å². The summed E-state index contributed by atoms with van der Waals surface area (Å²) in [6.07, 6.45) is 7.59. The quantitative estimate of drug-likeness (QED) is 0.190. The van der Waals surface area contributed by atoms with Crippen molar-refractivity contribution >= 4 is 35.1 Å². The second kappa shape index (κ2) is 14.1. The van der Waals surface area contributed by atoms with Gasteiger partial charge in [-0.15, -0.1) is 0 Å². The van der Waals surface area contributed by atoms with Crippen molar-refractivity contribution in [1.29, 1.82) is 5.41 Å². The zero-order chi connectivity index (χ0) is 33.0. The first kappa shape index (κ1) is 33.3. The van der Waals surface area contributed by atoms with Gasteiger partial charge in [-0.05, 0) is 98.2 Å². The van der Waals surface area contributed by atoms with Gasteiger partial charge in [-0.1, -0.05) is 38.8 Å². The van der Waals surface area contributed by atoms with Crippen LogP contribution in [0.15, 0.2) is 42.5 Å². The van der Waals surface area contributed by atoms with Gasteiger partial charge in [0.1, 0.15) is 6.04 Å². The van der Waals surface area contributed by atoms with Crippen LogP contribution in [0.25, 0.3) is 0 Å². The number of nitrogens with zero attached hydrogens (tertiary/aromatic N) is 3. The minimum Gasteiger partial charge on any atom is -0.478 e. The van der Waals surface area contributed by atoms with E-state index in [1.165, 1.54) is 25.0 Å². The number of carbonyl (C=O) groups is 3. The number of nitrogens with two attached hydrogens (primary N) is 1. The molecule has 2 atom stereocenters. The van der Waals surface area contributed by atoms with E-state index >= 15 is 0 Å². The van der Waals surface area contributed by atoms with E-state index in [0.29, 0.717) is 24.6 Å². The number of guanidine groups is 1. The van der Waals surface area contributed by atoms with Crippen LogP contribution in [0.3, 0.4) is 0 Å². The summed E-state index contributed by atoms with van der Waals surface area (Å²) < 4.78 is 0. The van der Waals surface area contributed by atoms with Gasteiger partial charge in [0.05, 0.1) is 5.56 Å². The van der Waals surface area contributed by atoms with Crippen LogP contribution < -0.4 is 16.0 Å². The average Bonchev–Trinajstić information content (AvgIpc) is 3.03.